The zero-order chi connectivity index (χ0) is 21.3. The zero-order valence-electron chi connectivity index (χ0n) is 18.9. The molecule has 0 aliphatic rings. The second-order valence-corrected chi connectivity index (χ2v) is 10.7. The highest BCUT2D eigenvalue weighted by Crippen LogP contribution is 2.44. The smallest absolute Gasteiger partial charge is 0.00206 e. The lowest BCUT2D eigenvalue weighted by atomic mass is 9.72. The van der Waals surface area contributed by atoms with Gasteiger partial charge in [-0.3, -0.25) is 0 Å². The van der Waals surface area contributed by atoms with Crippen molar-refractivity contribution in [2.45, 2.75) is 52.4 Å². The molecule has 0 fully saturated rings. The summed E-state index contributed by atoms with van der Waals surface area (Å²) in [5.41, 5.74) is 5.78. The first-order valence-corrected chi connectivity index (χ1v) is 11.0. The van der Waals surface area contributed by atoms with E-state index in [0.29, 0.717) is 0 Å². The van der Waals surface area contributed by atoms with Gasteiger partial charge in [0.1, 0.15) is 0 Å². The molecule has 0 N–H and O–H groups in total. The molecular weight excluding hydrogens is 360 g/mol. The molecule has 0 unspecified atom stereocenters. The Morgan fingerprint density at radius 3 is 1.67 bits per heavy atom. The van der Waals surface area contributed by atoms with Crippen molar-refractivity contribution in [1.29, 1.82) is 0 Å². The van der Waals surface area contributed by atoms with E-state index < -0.39 is 0 Å². The minimum atomic E-state index is 0.0587. The molecule has 0 atom stereocenters. The molecule has 30 heavy (non-hydrogen) atoms. The Morgan fingerprint density at radius 2 is 1.03 bits per heavy atom. The van der Waals surface area contributed by atoms with Crippen molar-refractivity contribution < 1.29 is 0 Å². The summed E-state index contributed by atoms with van der Waals surface area (Å²) in [5, 5.41) is 8.10. The molecule has 0 aliphatic carbocycles. The van der Waals surface area contributed by atoms with Crippen LogP contribution in [0.2, 0.25) is 0 Å². The third-order valence-corrected chi connectivity index (χ3v) is 6.44. The van der Waals surface area contributed by atoms with E-state index in [1.54, 1.807) is 0 Å². The first kappa shape index (κ1) is 19.1. The van der Waals surface area contributed by atoms with Gasteiger partial charge in [0.05, 0.1) is 0 Å². The lowest BCUT2D eigenvalue weighted by Crippen LogP contribution is -2.23. The molecular formula is C30H30. The third-order valence-electron chi connectivity index (χ3n) is 6.44. The van der Waals surface area contributed by atoms with Gasteiger partial charge in [0.25, 0.3) is 0 Å². The fourth-order valence-corrected chi connectivity index (χ4v) is 5.18. The van der Waals surface area contributed by atoms with Gasteiger partial charge < -0.3 is 0 Å². The van der Waals surface area contributed by atoms with Crippen LogP contribution in [0.4, 0.5) is 0 Å². The summed E-state index contributed by atoms with van der Waals surface area (Å²) in [6.07, 6.45) is 0. The minimum Gasteiger partial charge on any atom is -0.0613 e. The lowest BCUT2D eigenvalue weighted by Gasteiger charge is -2.33. The number of hydrogen-bond acceptors (Lipinski definition) is 0. The Hall–Kier alpha value is -2.86. The van der Waals surface area contributed by atoms with E-state index in [9.17, 15) is 0 Å². The van der Waals surface area contributed by atoms with Crippen LogP contribution < -0.4 is 0 Å². The molecule has 5 aromatic rings. The van der Waals surface area contributed by atoms with Crippen LogP contribution in [0, 0.1) is 0 Å². The summed E-state index contributed by atoms with van der Waals surface area (Å²) in [4.78, 5) is 0. The van der Waals surface area contributed by atoms with E-state index in [0.717, 1.165) is 0 Å². The van der Waals surface area contributed by atoms with Crippen LogP contribution in [0.3, 0.4) is 0 Å². The lowest BCUT2D eigenvalue weighted by molar-refractivity contribution is 0.531. The molecule has 0 aliphatic heterocycles. The minimum absolute atomic E-state index is 0.0587. The Kier molecular flexibility index (Phi) is 4.03. The summed E-state index contributed by atoms with van der Waals surface area (Å²) in [6.45, 7) is 14.0. The summed E-state index contributed by atoms with van der Waals surface area (Å²) >= 11 is 0. The van der Waals surface area contributed by atoms with E-state index in [1.807, 2.05) is 0 Å². The fourth-order valence-electron chi connectivity index (χ4n) is 5.18. The third kappa shape index (κ3) is 2.82. The van der Waals surface area contributed by atoms with E-state index in [-0.39, 0.29) is 10.8 Å². The summed E-state index contributed by atoms with van der Waals surface area (Å²) < 4.78 is 0. The molecule has 0 saturated carbocycles. The van der Waals surface area contributed by atoms with Crippen LogP contribution in [-0.2, 0) is 10.8 Å². The van der Waals surface area contributed by atoms with Gasteiger partial charge >= 0.3 is 0 Å². The summed E-state index contributed by atoms with van der Waals surface area (Å²) in [6, 6.07) is 27.3. The fraction of sp³-hybridized carbons (Fsp3) is 0.267. The van der Waals surface area contributed by atoms with Crippen LogP contribution in [0.1, 0.15) is 52.7 Å². The quantitative estimate of drug-likeness (QED) is 0.251. The first-order chi connectivity index (χ1) is 14.2. The molecule has 0 heterocycles. The van der Waals surface area contributed by atoms with Crippen LogP contribution in [-0.4, -0.2) is 0 Å². The molecule has 5 aromatic carbocycles. The zero-order valence-corrected chi connectivity index (χ0v) is 18.9. The van der Waals surface area contributed by atoms with Crippen molar-refractivity contribution in [2.75, 3.05) is 0 Å². The molecule has 0 nitrogen and oxygen atoms in total. The molecule has 150 valence electrons. The van der Waals surface area contributed by atoms with Gasteiger partial charge in [-0.2, -0.15) is 0 Å². The number of rotatable bonds is 1. The van der Waals surface area contributed by atoms with E-state index in [1.165, 1.54) is 54.6 Å². The predicted molar refractivity (Wildman–Crippen MR) is 133 cm³/mol. The topological polar surface area (TPSA) is 0 Å². The van der Waals surface area contributed by atoms with Gasteiger partial charge in [-0.1, -0.05) is 114 Å². The average Bonchev–Trinajstić information content (AvgIpc) is 2.70. The largest absolute Gasteiger partial charge is 0.0613 e. The molecule has 5 rings (SSSR count). The standard InChI is InChI=1S/C30H30/c1-29(2,3)25-12-8-11-24(28(25)30(4,5)6)22-17-15-21-14-13-19-9-7-10-20-16-18-23(22)27(21)26(19)20/h7-18H,1-6H3. The van der Waals surface area contributed by atoms with Crippen molar-refractivity contribution in [3.05, 3.63) is 83.9 Å². The van der Waals surface area contributed by atoms with E-state index in [4.69, 9.17) is 0 Å². The Morgan fingerprint density at radius 1 is 0.467 bits per heavy atom. The number of benzene rings is 5. The van der Waals surface area contributed by atoms with Crippen LogP contribution >= 0.6 is 0 Å². The van der Waals surface area contributed by atoms with Crippen LogP contribution in [0.5, 0.6) is 0 Å². The first-order valence-electron chi connectivity index (χ1n) is 11.0. The molecule has 0 bridgehead atoms. The highest BCUT2D eigenvalue weighted by atomic mass is 14.3. The molecule has 0 radical (unpaired) electrons. The maximum absolute atomic E-state index is 2.34. The molecule has 0 amide bonds. The van der Waals surface area contributed by atoms with E-state index >= 15 is 0 Å². The van der Waals surface area contributed by atoms with Gasteiger partial charge in [-0.05, 0) is 65.4 Å². The SMILES string of the molecule is CC(C)(C)c1cccc(-c2ccc3ccc4cccc5ccc2c3c45)c1C(C)(C)C. The molecule has 0 heteroatoms. The van der Waals surface area contributed by atoms with Crippen molar-refractivity contribution >= 4 is 32.3 Å². The average molecular weight is 391 g/mol. The van der Waals surface area contributed by atoms with Crippen molar-refractivity contribution in [3.8, 4) is 11.1 Å². The molecule has 0 aromatic heterocycles. The molecule has 0 spiro atoms. The Bertz CT molecular complexity index is 1370. The summed E-state index contributed by atoms with van der Waals surface area (Å²) in [7, 11) is 0. The van der Waals surface area contributed by atoms with Crippen molar-refractivity contribution in [1.82, 2.24) is 0 Å². The van der Waals surface area contributed by atoms with Crippen LogP contribution in [0.15, 0.2) is 72.8 Å². The number of hydrogen-bond donors (Lipinski definition) is 0. The highest BCUT2D eigenvalue weighted by molar-refractivity contribution is 6.25. The maximum atomic E-state index is 2.34. The normalized spacial score (nSPS) is 13.0. The second kappa shape index (κ2) is 6.32. The van der Waals surface area contributed by atoms with Gasteiger partial charge in [-0.15, -0.1) is 0 Å². The predicted octanol–water partition coefficient (Wildman–Crippen LogP) is 8.85. The second-order valence-electron chi connectivity index (χ2n) is 10.7. The van der Waals surface area contributed by atoms with Gasteiger partial charge in [0.15, 0.2) is 0 Å². The van der Waals surface area contributed by atoms with E-state index in [2.05, 4.69) is 114 Å². The van der Waals surface area contributed by atoms with Crippen molar-refractivity contribution in [3.63, 3.8) is 0 Å². The van der Waals surface area contributed by atoms with Crippen molar-refractivity contribution in [2.24, 2.45) is 0 Å². The van der Waals surface area contributed by atoms with Gasteiger partial charge in [0.2, 0.25) is 0 Å². The molecule has 0 saturated heterocycles. The van der Waals surface area contributed by atoms with Gasteiger partial charge in [-0.25, -0.2) is 0 Å². The maximum Gasteiger partial charge on any atom is -0.00206 e. The Labute approximate surface area is 179 Å². The van der Waals surface area contributed by atoms with Gasteiger partial charge in [0, 0.05) is 0 Å². The van der Waals surface area contributed by atoms with Crippen LogP contribution in [0.25, 0.3) is 43.4 Å². The monoisotopic (exact) mass is 390 g/mol. The summed E-state index contributed by atoms with van der Waals surface area (Å²) in [5.74, 6) is 0. The Balaban J connectivity index is 1.94. The highest BCUT2D eigenvalue weighted by Gasteiger charge is 2.28.